The lowest BCUT2D eigenvalue weighted by molar-refractivity contribution is 0.291. The first-order chi connectivity index (χ1) is 11.5. The molecule has 3 rings (SSSR count). The minimum Gasteiger partial charge on any atom is -0.395 e. The Morgan fingerprint density at radius 1 is 1.17 bits per heavy atom. The maximum atomic E-state index is 12.2. The molecule has 1 N–H and O–H groups in total. The van der Waals surface area contributed by atoms with Crippen molar-refractivity contribution < 1.29 is 18.5 Å². The molecule has 0 aliphatic carbocycles. The van der Waals surface area contributed by atoms with Crippen molar-refractivity contribution in [3.05, 3.63) is 70.7 Å². The second-order valence-corrected chi connectivity index (χ2v) is 7.69. The summed E-state index contributed by atoms with van der Waals surface area (Å²) in [5.74, 6) is 1.33. The predicted octanol–water partition coefficient (Wildman–Crippen LogP) is 4.88. The molecule has 24 heavy (non-hydrogen) atoms. The van der Waals surface area contributed by atoms with E-state index in [-0.39, 0.29) is 11.5 Å². The van der Waals surface area contributed by atoms with Gasteiger partial charge in [-0.2, -0.15) is 0 Å². The number of benzene rings is 2. The van der Waals surface area contributed by atoms with Gasteiger partial charge in [0, 0.05) is 17.8 Å². The van der Waals surface area contributed by atoms with Gasteiger partial charge in [0.1, 0.15) is 11.5 Å². The van der Waals surface area contributed by atoms with Crippen molar-refractivity contribution in [2.24, 2.45) is 0 Å². The molecule has 5 nitrogen and oxygen atoms in total. The zero-order valence-corrected chi connectivity index (χ0v) is 15.0. The van der Waals surface area contributed by atoms with Crippen molar-refractivity contribution in [1.82, 2.24) is 4.90 Å². The third-order valence-corrected chi connectivity index (χ3v) is 5.04. The lowest BCUT2D eigenvalue weighted by Crippen LogP contribution is -2.12. The van der Waals surface area contributed by atoms with Crippen LogP contribution in [0.5, 0.6) is 11.5 Å². The van der Waals surface area contributed by atoms with E-state index in [4.69, 9.17) is 20.6 Å². The van der Waals surface area contributed by atoms with Crippen LogP contribution in [0.25, 0.3) is 0 Å². The summed E-state index contributed by atoms with van der Waals surface area (Å²) in [6, 6.07) is 13.3. The molecule has 0 saturated heterocycles. The van der Waals surface area contributed by atoms with E-state index in [0.717, 1.165) is 11.4 Å². The third-order valence-electron chi connectivity index (χ3n) is 3.13. The van der Waals surface area contributed by atoms with Crippen LogP contribution in [0.2, 0.25) is 5.02 Å². The molecule has 0 saturated carbocycles. The Morgan fingerprint density at radius 2 is 1.88 bits per heavy atom. The number of phosphoric ester groups is 1. The van der Waals surface area contributed by atoms with Crippen molar-refractivity contribution >= 4 is 31.2 Å². The van der Waals surface area contributed by atoms with E-state index in [2.05, 4.69) is 4.90 Å². The average Bonchev–Trinajstić information content (AvgIpc) is 2.99. The topological polar surface area (TPSA) is 59.0 Å². The highest BCUT2D eigenvalue weighted by Gasteiger charge is 2.25. The molecule has 0 bridgehead atoms. The quantitative estimate of drug-likeness (QED) is 0.718. The van der Waals surface area contributed by atoms with Gasteiger partial charge >= 0.3 is 7.82 Å². The van der Waals surface area contributed by atoms with Crippen LogP contribution in [0, 0.1) is 0 Å². The number of halogens is 1. The van der Waals surface area contributed by atoms with Crippen molar-refractivity contribution in [3.63, 3.8) is 0 Å². The first-order valence-corrected chi connectivity index (χ1v) is 10.0. The molecule has 1 heterocycles. The van der Waals surface area contributed by atoms with Gasteiger partial charge in [0.2, 0.25) is 0 Å². The zero-order valence-electron chi connectivity index (χ0n) is 12.5. The van der Waals surface area contributed by atoms with Gasteiger partial charge in [0.15, 0.2) is 0 Å². The van der Waals surface area contributed by atoms with E-state index in [1.165, 1.54) is 12.1 Å². The van der Waals surface area contributed by atoms with Gasteiger partial charge in [-0.3, -0.25) is 4.89 Å². The van der Waals surface area contributed by atoms with Crippen LogP contribution in [0.4, 0.5) is 0 Å². The fraction of sp³-hybridized carbons (Fsp3) is 0.125. The van der Waals surface area contributed by atoms with Crippen LogP contribution in [-0.2, 0) is 11.1 Å². The second kappa shape index (κ2) is 7.53. The normalized spacial score (nSPS) is 16.0. The minimum atomic E-state index is -4.30. The average molecular weight is 384 g/mol. The van der Waals surface area contributed by atoms with Gasteiger partial charge in [-0.25, -0.2) is 4.57 Å². The molecule has 2 aromatic carbocycles. The van der Waals surface area contributed by atoms with E-state index in [1.807, 2.05) is 17.7 Å². The van der Waals surface area contributed by atoms with E-state index >= 15 is 0 Å². The summed E-state index contributed by atoms with van der Waals surface area (Å²) in [4.78, 5) is 12.1. The number of hydrogen-bond donors (Lipinski definition) is 1. The van der Waals surface area contributed by atoms with Gasteiger partial charge < -0.3 is 13.9 Å². The largest absolute Gasteiger partial charge is 0.584 e. The molecule has 126 valence electrons. The summed E-state index contributed by atoms with van der Waals surface area (Å²) in [5, 5.41) is 2.44. The lowest BCUT2D eigenvalue weighted by atomic mass is 10.2. The highest BCUT2D eigenvalue weighted by Crippen LogP contribution is 2.44. The Kier molecular flexibility index (Phi) is 5.41. The molecule has 0 radical (unpaired) electrons. The Hall–Kier alpha value is -1.59. The number of rotatable bonds is 6. The molecule has 0 fully saturated rings. The molecule has 0 spiro atoms. The Bertz CT molecular complexity index is 801. The molecular weight excluding hydrogens is 369 g/mol. The number of hydrogen-bond acceptors (Lipinski definition) is 5. The van der Waals surface area contributed by atoms with Crippen LogP contribution in [0.3, 0.4) is 0 Å². The van der Waals surface area contributed by atoms with Crippen molar-refractivity contribution in [2.45, 2.75) is 6.54 Å². The SMILES string of the molecule is O=P(O)(Oc1cccc(Cl)c1)Oc1cccc(CN2C=CSC2)c1. The number of phosphoric acid groups is 1. The van der Waals surface area contributed by atoms with Crippen molar-refractivity contribution in [2.75, 3.05) is 5.88 Å². The van der Waals surface area contributed by atoms with Crippen LogP contribution in [0.1, 0.15) is 5.56 Å². The number of nitrogens with zero attached hydrogens (tertiary/aromatic N) is 1. The maximum Gasteiger partial charge on any atom is 0.584 e. The third kappa shape index (κ3) is 4.95. The summed E-state index contributed by atoms with van der Waals surface area (Å²) >= 11 is 7.55. The summed E-state index contributed by atoms with van der Waals surface area (Å²) in [5.41, 5.74) is 0.974. The summed E-state index contributed by atoms with van der Waals surface area (Å²) in [6.45, 7) is 0.700. The fourth-order valence-corrected chi connectivity index (χ4v) is 3.84. The van der Waals surface area contributed by atoms with Crippen LogP contribution in [0.15, 0.2) is 60.1 Å². The van der Waals surface area contributed by atoms with E-state index in [1.54, 1.807) is 42.1 Å². The van der Waals surface area contributed by atoms with Crippen molar-refractivity contribution in [3.8, 4) is 11.5 Å². The molecular formula is C16H15ClNO4PS. The minimum absolute atomic E-state index is 0.170. The maximum absolute atomic E-state index is 12.2. The van der Waals surface area contributed by atoms with Gasteiger partial charge in [-0.15, -0.1) is 11.8 Å². The van der Waals surface area contributed by atoms with Gasteiger partial charge in [-0.1, -0.05) is 29.8 Å². The molecule has 0 amide bonds. The highest BCUT2D eigenvalue weighted by atomic mass is 35.5. The summed E-state index contributed by atoms with van der Waals surface area (Å²) < 4.78 is 22.4. The molecule has 0 aromatic heterocycles. The molecule has 2 aromatic rings. The molecule has 8 heteroatoms. The predicted molar refractivity (Wildman–Crippen MR) is 96.1 cm³/mol. The zero-order chi connectivity index (χ0) is 17.0. The highest BCUT2D eigenvalue weighted by molar-refractivity contribution is 8.02. The van der Waals surface area contributed by atoms with Gasteiger partial charge in [0.25, 0.3) is 0 Å². The molecule has 1 aliphatic heterocycles. The fourth-order valence-electron chi connectivity index (χ4n) is 2.15. The van der Waals surface area contributed by atoms with Gasteiger partial charge in [-0.05, 0) is 41.3 Å². The molecule has 1 unspecified atom stereocenters. The second-order valence-electron chi connectivity index (χ2n) is 5.08. The van der Waals surface area contributed by atoms with Crippen LogP contribution < -0.4 is 9.05 Å². The monoisotopic (exact) mass is 383 g/mol. The summed E-state index contributed by atoms with van der Waals surface area (Å²) in [7, 11) is -4.30. The number of thioether (sulfide) groups is 1. The van der Waals surface area contributed by atoms with E-state index < -0.39 is 7.82 Å². The standard InChI is InChI=1S/C16H15ClNO4PS/c17-14-4-2-6-16(10-14)22-23(19,20)21-15-5-1-3-13(9-15)11-18-7-8-24-12-18/h1-10H,11-12H2,(H,19,20). The van der Waals surface area contributed by atoms with Gasteiger partial charge in [0.05, 0.1) is 5.88 Å². The van der Waals surface area contributed by atoms with Crippen LogP contribution in [-0.4, -0.2) is 15.7 Å². The van der Waals surface area contributed by atoms with Crippen LogP contribution >= 0.6 is 31.2 Å². The smallest absolute Gasteiger partial charge is 0.395 e. The Morgan fingerprint density at radius 3 is 2.54 bits per heavy atom. The Balaban J connectivity index is 1.67. The summed E-state index contributed by atoms with van der Waals surface area (Å²) in [6.07, 6.45) is 2.01. The molecule has 1 aliphatic rings. The van der Waals surface area contributed by atoms with Crippen molar-refractivity contribution in [1.29, 1.82) is 0 Å². The van der Waals surface area contributed by atoms with E-state index in [0.29, 0.717) is 11.6 Å². The lowest BCUT2D eigenvalue weighted by Gasteiger charge is -2.17. The molecule has 1 atom stereocenters. The van der Waals surface area contributed by atoms with E-state index in [9.17, 15) is 9.46 Å². The first-order valence-electron chi connectivity index (χ1n) is 7.09. The Labute approximate surface area is 149 Å². The first kappa shape index (κ1) is 17.2.